The molecule has 0 unspecified atom stereocenters. The minimum Gasteiger partial charge on any atom is -0.294 e. The molecule has 5 nitrogen and oxygen atoms in total. The molecule has 0 aliphatic heterocycles. The smallest absolute Gasteiger partial charge is 0.138 e. The van der Waals surface area contributed by atoms with Crippen molar-refractivity contribution < 1.29 is 0 Å². The number of hydrogen-bond donors (Lipinski definition) is 0. The molecule has 0 fully saturated rings. The average Bonchev–Trinajstić information content (AvgIpc) is 3.53. The Morgan fingerprint density at radius 2 is 1.00 bits per heavy atom. The van der Waals surface area contributed by atoms with Crippen LogP contribution in [0.15, 0.2) is 176 Å². The van der Waals surface area contributed by atoms with E-state index >= 15 is 0 Å². The van der Waals surface area contributed by atoms with Crippen LogP contribution in [0, 0.1) is 0 Å². The van der Waals surface area contributed by atoms with E-state index in [2.05, 4.69) is 124 Å². The van der Waals surface area contributed by atoms with Crippen LogP contribution in [-0.2, 0) is 0 Å². The van der Waals surface area contributed by atoms with Gasteiger partial charge in [-0.05, 0) is 88.0 Å². The summed E-state index contributed by atoms with van der Waals surface area (Å²) < 4.78 is 2.20. The number of nitrogens with zero attached hydrogens (tertiary/aromatic N) is 5. The maximum atomic E-state index is 5.21. The van der Waals surface area contributed by atoms with E-state index in [1.165, 1.54) is 11.1 Å². The molecule has 0 atom stereocenters. The van der Waals surface area contributed by atoms with Crippen molar-refractivity contribution >= 4 is 21.8 Å². The quantitative estimate of drug-likeness (QED) is 0.184. The van der Waals surface area contributed by atoms with E-state index in [9.17, 15) is 0 Å². The third kappa shape index (κ3) is 5.33. The van der Waals surface area contributed by atoms with E-state index in [0.717, 1.165) is 72.7 Å². The van der Waals surface area contributed by atoms with Crippen molar-refractivity contribution in [3.63, 3.8) is 0 Å². The molecular weight excluding hydrogens is 599 g/mol. The summed E-state index contributed by atoms with van der Waals surface area (Å²) in [4.78, 5) is 19.4. The first kappa shape index (κ1) is 28.5. The van der Waals surface area contributed by atoms with Crippen LogP contribution < -0.4 is 0 Å². The molecule has 5 heteroatoms. The van der Waals surface area contributed by atoms with Crippen molar-refractivity contribution in [3.8, 4) is 62.0 Å². The molecule has 0 bridgehead atoms. The summed E-state index contributed by atoms with van der Waals surface area (Å²) in [6.07, 6.45) is 5.56. The van der Waals surface area contributed by atoms with Gasteiger partial charge in [0.2, 0.25) is 0 Å². The molecule has 49 heavy (non-hydrogen) atoms. The van der Waals surface area contributed by atoms with Crippen LogP contribution in [-0.4, -0.2) is 24.5 Å². The Morgan fingerprint density at radius 3 is 1.82 bits per heavy atom. The maximum absolute atomic E-state index is 5.21. The van der Waals surface area contributed by atoms with Crippen LogP contribution in [0.4, 0.5) is 0 Å². The highest BCUT2D eigenvalue weighted by molar-refractivity contribution is 6.08. The van der Waals surface area contributed by atoms with Crippen molar-refractivity contribution in [2.45, 2.75) is 0 Å². The number of para-hydroxylation sites is 1. The summed E-state index contributed by atoms with van der Waals surface area (Å²) in [7, 11) is 0. The van der Waals surface area contributed by atoms with Crippen molar-refractivity contribution in [3.05, 3.63) is 176 Å². The van der Waals surface area contributed by atoms with Gasteiger partial charge in [0.15, 0.2) is 0 Å². The Labute approximate surface area is 283 Å². The van der Waals surface area contributed by atoms with E-state index in [4.69, 9.17) is 9.97 Å². The third-order valence-electron chi connectivity index (χ3n) is 8.97. The van der Waals surface area contributed by atoms with E-state index in [0.29, 0.717) is 0 Å². The summed E-state index contributed by atoms with van der Waals surface area (Å²) in [6, 6.07) is 54.6. The predicted molar refractivity (Wildman–Crippen MR) is 199 cm³/mol. The minimum atomic E-state index is 0.778. The maximum Gasteiger partial charge on any atom is 0.138 e. The summed E-state index contributed by atoms with van der Waals surface area (Å²) in [5.74, 6) is 0.822. The van der Waals surface area contributed by atoms with E-state index in [-0.39, 0.29) is 0 Å². The Hall–Kier alpha value is -6.72. The zero-order valence-electron chi connectivity index (χ0n) is 26.5. The second-order valence-electron chi connectivity index (χ2n) is 12.0. The van der Waals surface area contributed by atoms with Gasteiger partial charge < -0.3 is 0 Å². The summed E-state index contributed by atoms with van der Waals surface area (Å²) >= 11 is 0. The van der Waals surface area contributed by atoms with Crippen molar-refractivity contribution in [1.29, 1.82) is 0 Å². The van der Waals surface area contributed by atoms with Gasteiger partial charge in [-0.15, -0.1) is 0 Å². The average molecular weight is 628 g/mol. The van der Waals surface area contributed by atoms with E-state index in [1.54, 1.807) is 6.20 Å². The fourth-order valence-electron chi connectivity index (χ4n) is 6.59. The Bertz CT molecular complexity index is 2540. The standard InChI is InChI=1S/C44H29N5/c1-2-10-30(11-3-1)31-19-21-32(22-20-31)33-12-8-13-34(26-33)35-27-40(38-15-6-7-24-46-38)47-41(28-35)39-16-9-18-44(48-39)49-42-17-5-4-14-36(42)37-29-45-25-23-43(37)49/h1-29H. The van der Waals surface area contributed by atoms with Crippen molar-refractivity contribution in [1.82, 2.24) is 24.5 Å². The SMILES string of the molecule is c1ccc(-c2ccc(-c3cccc(-c4cc(-c5ccccn5)nc(-c5cccc(-n6c7ccccc7c7cnccc76)n5)c4)c3)cc2)cc1. The van der Waals surface area contributed by atoms with Crippen LogP contribution >= 0.6 is 0 Å². The first-order valence-corrected chi connectivity index (χ1v) is 16.3. The molecule has 9 aromatic rings. The van der Waals surface area contributed by atoms with Crippen molar-refractivity contribution in [2.24, 2.45) is 0 Å². The van der Waals surface area contributed by atoms with Gasteiger partial charge in [-0.1, -0.05) is 103 Å². The number of pyridine rings is 4. The van der Waals surface area contributed by atoms with E-state index in [1.807, 2.05) is 60.9 Å². The lowest BCUT2D eigenvalue weighted by molar-refractivity contribution is 1.07. The Balaban J connectivity index is 1.15. The lowest BCUT2D eigenvalue weighted by Crippen LogP contribution is -2.00. The first-order valence-electron chi connectivity index (χ1n) is 16.3. The molecule has 0 saturated carbocycles. The molecule has 5 heterocycles. The highest BCUT2D eigenvalue weighted by Crippen LogP contribution is 2.34. The minimum absolute atomic E-state index is 0.778. The summed E-state index contributed by atoms with van der Waals surface area (Å²) in [5.41, 5.74) is 12.2. The second kappa shape index (κ2) is 12.1. The van der Waals surface area contributed by atoms with Gasteiger partial charge in [-0.2, -0.15) is 0 Å². The third-order valence-corrected chi connectivity index (χ3v) is 8.97. The number of rotatable bonds is 6. The Morgan fingerprint density at radius 1 is 0.367 bits per heavy atom. The van der Waals surface area contributed by atoms with Gasteiger partial charge >= 0.3 is 0 Å². The van der Waals surface area contributed by atoms with Crippen LogP contribution in [0.3, 0.4) is 0 Å². The van der Waals surface area contributed by atoms with Crippen LogP contribution in [0.5, 0.6) is 0 Å². The van der Waals surface area contributed by atoms with Gasteiger partial charge in [-0.3, -0.25) is 14.5 Å². The first-order chi connectivity index (χ1) is 24.3. The van der Waals surface area contributed by atoms with Gasteiger partial charge in [0.05, 0.1) is 33.8 Å². The molecule has 0 radical (unpaired) electrons. The fraction of sp³-hybridized carbons (Fsp3) is 0. The molecule has 4 aromatic carbocycles. The van der Waals surface area contributed by atoms with Gasteiger partial charge in [0.25, 0.3) is 0 Å². The number of fused-ring (bicyclic) bond motifs is 3. The molecule has 0 aliphatic rings. The lowest BCUT2D eigenvalue weighted by Gasteiger charge is -2.12. The van der Waals surface area contributed by atoms with Crippen LogP contribution in [0.1, 0.15) is 0 Å². The monoisotopic (exact) mass is 627 g/mol. The molecule has 0 aliphatic carbocycles. The zero-order chi connectivity index (χ0) is 32.6. The molecule has 0 amide bonds. The van der Waals surface area contributed by atoms with Gasteiger partial charge in [0.1, 0.15) is 5.82 Å². The molecular formula is C44H29N5. The van der Waals surface area contributed by atoms with Crippen LogP contribution in [0.25, 0.3) is 83.8 Å². The molecule has 0 N–H and O–H groups in total. The molecule has 230 valence electrons. The topological polar surface area (TPSA) is 56.5 Å². The number of hydrogen-bond acceptors (Lipinski definition) is 4. The lowest BCUT2D eigenvalue weighted by atomic mass is 9.96. The van der Waals surface area contributed by atoms with Crippen molar-refractivity contribution in [2.75, 3.05) is 0 Å². The predicted octanol–water partition coefficient (Wildman–Crippen LogP) is 10.7. The number of benzene rings is 4. The summed E-state index contributed by atoms with van der Waals surface area (Å²) in [5, 5.41) is 2.24. The molecule has 5 aromatic heterocycles. The normalized spacial score (nSPS) is 11.3. The fourth-order valence-corrected chi connectivity index (χ4v) is 6.59. The molecule has 0 spiro atoms. The second-order valence-corrected chi connectivity index (χ2v) is 12.0. The van der Waals surface area contributed by atoms with Crippen LogP contribution in [0.2, 0.25) is 0 Å². The molecule has 9 rings (SSSR count). The highest BCUT2D eigenvalue weighted by atomic mass is 15.1. The van der Waals surface area contributed by atoms with Gasteiger partial charge in [0, 0.05) is 29.4 Å². The zero-order valence-corrected chi connectivity index (χ0v) is 26.5. The van der Waals surface area contributed by atoms with E-state index < -0.39 is 0 Å². The Kier molecular flexibility index (Phi) is 7.06. The summed E-state index contributed by atoms with van der Waals surface area (Å²) in [6.45, 7) is 0. The van der Waals surface area contributed by atoms with Gasteiger partial charge in [-0.25, -0.2) is 9.97 Å². The highest BCUT2D eigenvalue weighted by Gasteiger charge is 2.15. The largest absolute Gasteiger partial charge is 0.294 e. The molecule has 0 saturated heterocycles. The number of aromatic nitrogens is 5.